The zero-order chi connectivity index (χ0) is 21.8. The predicted octanol–water partition coefficient (Wildman–Crippen LogP) is 6.92. The number of rotatable bonds is 8. The van der Waals surface area contributed by atoms with Gasteiger partial charge in [-0.25, -0.2) is 4.98 Å². The number of imidazole rings is 1. The van der Waals surface area contributed by atoms with E-state index in [0.717, 1.165) is 45.4 Å². The second kappa shape index (κ2) is 9.44. The summed E-state index contributed by atoms with van der Waals surface area (Å²) in [6.45, 7) is 7.36. The van der Waals surface area contributed by atoms with Crippen LogP contribution in [0.3, 0.4) is 0 Å². The minimum atomic E-state index is -0.146. The molecule has 0 amide bonds. The summed E-state index contributed by atoms with van der Waals surface area (Å²) >= 11 is 6.13. The molecule has 1 atom stereocenters. The summed E-state index contributed by atoms with van der Waals surface area (Å²) < 4.78 is 14.6. The van der Waals surface area contributed by atoms with Gasteiger partial charge in [0, 0.05) is 5.02 Å². The fraction of sp³-hybridized carbons (Fsp3) is 0.269. The number of para-hydroxylation sites is 2. The minimum absolute atomic E-state index is 0.146. The first-order valence-electron chi connectivity index (χ1n) is 10.6. The van der Waals surface area contributed by atoms with Gasteiger partial charge in [0.2, 0.25) is 0 Å². The van der Waals surface area contributed by atoms with Crippen LogP contribution >= 0.6 is 11.6 Å². The Labute approximate surface area is 188 Å². The Kier molecular flexibility index (Phi) is 6.47. The fourth-order valence-corrected chi connectivity index (χ4v) is 3.83. The lowest BCUT2D eigenvalue weighted by atomic mass is 10.2. The van der Waals surface area contributed by atoms with Crippen LogP contribution in [-0.4, -0.2) is 16.2 Å². The summed E-state index contributed by atoms with van der Waals surface area (Å²) in [5, 5.41) is 0.745. The molecular formula is C26H27ClN2O2. The molecule has 0 aliphatic heterocycles. The van der Waals surface area contributed by atoms with Crippen LogP contribution in [0, 0.1) is 13.8 Å². The Balaban J connectivity index is 1.59. The molecule has 0 spiro atoms. The number of nitrogens with zero attached hydrogens (tertiary/aromatic N) is 2. The summed E-state index contributed by atoms with van der Waals surface area (Å²) in [6, 6.07) is 22.1. The predicted molar refractivity (Wildman–Crippen MR) is 126 cm³/mol. The Morgan fingerprint density at radius 1 is 0.968 bits per heavy atom. The highest BCUT2D eigenvalue weighted by molar-refractivity contribution is 6.31. The quantitative estimate of drug-likeness (QED) is 0.302. The van der Waals surface area contributed by atoms with Crippen molar-refractivity contribution in [3.8, 4) is 11.5 Å². The third kappa shape index (κ3) is 4.86. The molecule has 0 aliphatic rings. The van der Waals surface area contributed by atoms with Crippen molar-refractivity contribution in [2.75, 3.05) is 6.61 Å². The molecule has 0 saturated carbocycles. The maximum Gasteiger partial charge on any atom is 0.156 e. The number of fused-ring (bicyclic) bond motifs is 1. The van der Waals surface area contributed by atoms with Gasteiger partial charge >= 0.3 is 0 Å². The first-order chi connectivity index (χ1) is 15.0. The largest absolute Gasteiger partial charge is 0.492 e. The molecule has 0 radical (unpaired) electrons. The van der Waals surface area contributed by atoms with Crippen molar-refractivity contribution >= 4 is 22.6 Å². The summed E-state index contributed by atoms with van der Waals surface area (Å²) in [7, 11) is 0. The number of aryl methyl sites for hydroxylation is 2. The number of benzene rings is 3. The maximum atomic E-state index is 6.36. The lowest BCUT2D eigenvalue weighted by molar-refractivity contribution is 0.184. The van der Waals surface area contributed by atoms with Gasteiger partial charge in [0.25, 0.3) is 0 Å². The number of halogens is 1. The molecule has 31 heavy (non-hydrogen) atoms. The highest BCUT2D eigenvalue weighted by Crippen LogP contribution is 2.28. The molecule has 0 saturated heterocycles. The van der Waals surface area contributed by atoms with Crippen molar-refractivity contribution in [3.05, 3.63) is 88.7 Å². The molecule has 160 valence electrons. The summed E-state index contributed by atoms with van der Waals surface area (Å²) in [6.07, 6.45) is 0.668. The molecule has 4 aromatic rings. The lowest BCUT2D eigenvalue weighted by Crippen LogP contribution is -2.17. The molecule has 3 aromatic carbocycles. The van der Waals surface area contributed by atoms with Crippen LogP contribution in [0.25, 0.3) is 11.0 Å². The first kappa shape index (κ1) is 21.3. The van der Waals surface area contributed by atoms with Crippen molar-refractivity contribution in [3.63, 3.8) is 0 Å². The third-order valence-corrected chi connectivity index (χ3v) is 5.75. The topological polar surface area (TPSA) is 36.3 Å². The van der Waals surface area contributed by atoms with Gasteiger partial charge in [-0.2, -0.15) is 0 Å². The molecule has 1 aromatic heterocycles. The van der Waals surface area contributed by atoms with Crippen molar-refractivity contribution in [2.24, 2.45) is 0 Å². The van der Waals surface area contributed by atoms with E-state index in [4.69, 9.17) is 26.1 Å². The minimum Gasteiger partial charge on any atom is -0.492 e. The van der Waals surface area contributed by atoms with Gasteiger partial charge in [-0.05, 0) is 73.9 Å². The van der Waals surface area contributed by atoms with Gasteiger partial charge in [0.1, 0.15) is 18.1 Å². The summed E-state index contributed by atoms with van der Waals surface area (Å²) in [4.78, 5) is 4.92. The van der Waals surface area contributed by atoms with E-state index in [1.165, 1.54) is 5.56 Å². The van der Waals surface area contributed by atoms with Crippen LogP contribution in [0.1, 0.15) is 36.4 Å². The Bertz CT molecular complexity index is 1190. The van der Waals surface area contributed by atoms with Crippen LogP contribution < -0.4 is 9.47 Å². The van der Waals surface area contributed by atoms with E-state index in [1.54, 1.807) is 0 Å². The highest BCUT2D eigenvalue weighted by atomic mass is 35.5. The lowest BCUT2D eigenvalue weighted by Gasteiger charge is -2.19. The molecular weight excluding hydrogens is 408 g/mol. The molecule has 4 rings (SSSR count). The van der Waals surface area contributed by atoms with E-state index in [0.29, 0.717) is 13.2 Å². The highest BCUT2D eigenvalue weighted by Gasteiger charge is 2.21. The summed E-state index contributed by atoms with van der Waals surface area (Å²) in [5.74, 6) is 2.59. The monoisotopic (exact) mass is 434 g/mol. The Morgan fingerprint density at radius 2 is 1.81 bits per heavy atom. The number of hydrogen-bond acceptors (Lipinski definition) is 3. The molecule has 5 heteroatoms. The third-order valence-electron chi connectivity index (χ3n) is 5.32. The second-order valence-corrected chi connectivity index (χ2v) is 8.11. The molecule has 0 N–H and O–H groups in total. The van der Waals surface area contributed by atoms with Gasteiger partial charge in [0.15, 0.2) is 11.9 Å². The molecule has 0 bridgehead atoms. The number of aromatic nitrogens is 2. The van der Waals surface area contributed by atoms with Gasteiger partial charge in [-0.1, -0.05) is 42.8 Å². The van der Waals surface area contributed by atoms with Crippen LogP contribution in [0.5, 0.6) is 11.5 Å². The van der Waals surface area contributed by atoms with Crippen molar-refractivity contribution in [2.45, 2.75) is 39.8 Å². The average molecular weight is 435 g/mol. The zero-order valence-electron chi connectivity index (χ0n) is 18.1. The van der Waals surface area contributed by atoms with Crippen molar-refractivity contribution in [1.29, 1.82) is 0 Å². The van der Waals surface area contributed by atoms with Crippen LogP contribution in [0.4, 0.5) is 0 Å². The van der Waals surface area contributed by atoms with E-state index < -0.39 is 0 Å². The SMILES string of the molecule is CCC(Oc1cccc(C)c1)c1nc2ccccc2n1CCOc1ccc(Cl)c(C)c1. The number of hydrogen-bond donors (Lipinski definition) is 0. The van der Waals surface area contributed by atoms with Crippen molar-refractivity contribution in [1.82, 2.24) is 9.55 Å². The van der Waals surface area contributed by atoms with E-state index in [1.807, 2.05) is 55.5 Å². The van der Waals surface area contributed by atoms with E-state index in [9.17, 15) is 0 Å². The zero-order valence-corrected chi connectivity index (χ0v) is 18.9. The first-order valence-corrected chi connectivity index (χ1v) is 11.0. The Morgan fingerprint density at radius 3 is 2.58 bits per heavy atom. The Hall–Kier alpha value is -2.98. The standard InChI is InChI=1S/C26H27ClN2O2/c1-4-25(31-21-9-7-8-18(2)16-21)26-28-23-10-5-6-11-24(23)29(26)14-15-30-20-12-13-22(27)19(3)17-20/h5-13,16-17,25H,4,14-15H2,1-3H3. The molecule has 1 heterocycles. The second-order valence-electron chi connectivity index (χ2n) is 7.70. The molecule has 4 nitrogen and oxygen atoms in total. The summed E-state index contributed by atoms with van der Waals surface area (Å²) in [5.41, 5.74) is 4.23. The fourth-order valence-electron chi connectivity index (χ4n) is 3.71. The molecule has 1 unspecified atom stereocenters. The van der Waals surface area contributed by atoms with Gasteiger partial charge in [-0.15, -0.1) is 0 Å². The smallest absolute Gasteiger partial charge is 0.156 e. The van der Waals surface area contributed by atoms with Gasteiger partial charge in [-0.3, -0.25) is 0 Å². The maximum absolute atomic E-state index is 6.36. The van der Waals surface area contributed by atoms with Gasteiger partial charge < -0.3 is 14.0 Å². The number of ether oxygens (including phenoxy) is 2. The van der Waals surface area contributed by atoms with Crippen LogP contribution in [0.2, 0.25) is 5.02 Å². The van der Waals surface area contributed by atoms with Crippen LogP contribution in [0.15, 0.2) is 66.7 Å². The van der Waals surface area contributed by atoms with E-state index in [-0.39, 0.29) is 6.10 Å². The average Bonchev–Trinajstić information content (AvgIpc) is 3.13. The normalized spacial score (nSPS) is 12.1. The molecule has 0 fully saturated rings. The van der Waals surface area contributed by atoms with Gasteiger partial charge in [0.05, 0.1) is 17.6 Å². The van der Waals surface area contributed by atoms with Crippen molar-refractivity contribution < 1.29 is 9.47 Å². The van der Waals surface area contributed by atoms with E-state index in [2.05, 4.69) is 36.6 Å². The molecule has 0 aliphatic carbocycles. The van der Waals surface area contributed by atoms with E-state index >= 15 is 0 Å². The van der Waals surface area contributed by atoms with Crippen LogP contribution in [-0.2, 0) is 6.54 Å².